The number of aryl methyl sites for hydroxylation is 2. The van der Waals surface area contributed by atoms with Gasteiger partial charge in [-0.1, -0.05) is 48.5 Å². The molecular weight excluding hydrogens is 356 g/mol. The van der Waals surface area contributed by atoms with E-state index in [0.29, 0.717) is 5.75 Å². The zero-order valence-corrected chi connectivity index (χ0v) is 16.1. The lowest BCUT2D eigenvalue weighted by Gasteiger charge is -2.09. The van der Waals surface area contributed by atoms with Crippen molar-refractivity contribution in [3.05, 3.63) is 59.9 Å². The third-order valence-electron chi connectivity index (χ3n) is 4.51. The predicted octanol–water partition coefficient (Wildman–Crippen LogP) is 4.71. The summed E-state index contributed by atoms with van der Waals surface area (Å²) in [7, 11) is 0. The first-order chi connectivity index (χ1) is 13.2. The Morgan fingerprint density at radius 1 is 1.19 bits per heavy atom. The maximum absolute atomic E-state index is 12.4. The molecular formula is C21H20N4OS. The van der Waals surface area contributed by atoms with Gasteiger partial charge < -0.3 is 10.3 Å². The summed E-state index contributed by atoms with van der Waals surface area (Å²) in [6, 6.07) is 14.1. The Morgan fingerprint density at radius 3 is 2.89 bits per heavy atom. The molecule has 0 saturated carbocycles. The minimum absolute atomic E-state index is 0.0420. The smallest absolute Gasteiger partial charge is 0.234 e. The number of aromatic nitrogens is 3. The summed E-state index contributed by atoms with van der Waals surface area (Å²) in [4.78, 5) is 24.6. The number of thioether (sulfide) groups is 1. The van der Waals surface area contributed by atoms with Crippen LogP contribution in [0.25, 0.3) is 21.9 Å². The van der Waals surface area contributed by atoms with Crippen LogP contribution in [0.1, 0.15) is 18.1 Å². The molecule has 6 heteroatoms. The fourth-order valence-electron chi connectivity index (χ4n) is 3.16. The second kappa shape index (κ2) is 7.40. The Kier molecular flexibility index (Phi) is 4.81. The van der Waals surface area contributed by atoms with Gasteiger partial charge >= 0.3 is 0 Å². The summed E-state index contributed by atoms with van der Waals surface area (Å²) in [5.41, 5.74) is 5.99. The van der Waals surface area contributed by atoms with Crippen molar-refractivity contribution in [3.63, 3.8) is 0 Å². The number of nitrogens with one attached hydrogen (secondary N) is 2. The predicted molar refractivity (Wildman–Crippen MR) is 111 cm³/mol. The summed E-state index contributed by atoms with van der Waals surface area (Å²) in [5, 5.41) is 4.86. The zero-order valence-electron chi connectivity index (χ0n) is 15.2. The summed E-state index contributed by atoms with van der Waals surface area (Å²) in [6.07, 6.45) is 2.44. The molecule has 0 aliphatic heterocycles. The maximum atomic E-state index is 12.4. The Bertz CT molecular complexity index is 1140. The van der Waals surface area contributed by atoms with Crippen LogP contribution in [-0.2, 0) is 11.2 Å². The van der Waals surface area contributed by atoms with E-state index in [4.69, 9.17) is 0 Å². The number of hydrogen-bond donors (Lipinski definition) is 2. The number of fused-ring (bicyclic) bond motifs is 3. The highest BCUT2D eigenvalue weighted by atomic mass is 32.2. The Labute approximate surface area is 161 Å². The maximum Gasteiger partial charge on any atom is 0.234 e. The van der Waals surface area contributed by atoms with Crippen molar-refractivity contribution in [2.75, 3.05) is 11.1 Å². The topological polar surface area (TPSA) is 70.7 Å². The van der Waals surface area contributed by atoms with E-state index >= 15 is 0 Å². The molecule has 0 fully saturated rings. The van der Waals surface area contributed by atoms with Crippen molar-refractivity contribution in [2.45, 2.75) is 25.3 Å². The van der Waals surface area contributed by atoms with Crippen LogP contribution >= 0.6 is 11.8 Å². The molecule has 0 spiro atoms. The molecule has 136 valence electrons. The quantitative estimate of drug-likeness (QED) is 0.391. The molecule has 0 unspecified atom stereocenters. The Morgan fingerprint density at radius 2 is 2.04 bits per heavy atom. The number of nitrogens with zero attached hydrogens (tertiary/aromatic N) is 2. The van der Waals surface area contributed by atoms with Crippen LogP contribution in [0.15, 0.2) is 53.8 Å². The monoisotopic (exact) mass is 376 g/mol. The van der Waals surface area contributed by atoms with Crippen molar-refractivity contribution in [1.29, 1.82) is 0 Å². The van der Waals surface area contributed by atoms with E-state index in [-0.39, 0.29) is 5.91 Å². The fourth-order valence-corrected chi connectivity index (χ4v) is 3.92. The molecule has 27 heavy (non-hydrogen) atoms. The first-order valence-electron chi connectivity index (χ1n) is 8.89. The number of carbonyl (C=O) groups is 1. The van der Waals surface area contributed by atoms with Crippen LogP contribution < -0.4 is 5.32 Å². The molecule has 0 atom stereocenters. The second-order valence-electron chi connectivity index (χ2n) is 6.42. The SMILES string of the molecule is CCc1ccccc1NC(=O)CSc1ncnc2c1[nH]c1ccc(C)cc12. The molecule has 2 aromatic heterocycles. The number of carbonyl (C=O) groups excluding carboxylic acids is 1. The number of anilines is 1. The molecule has 0 aliphatic carbocycles. The van der Waals surface area contributed by atoms with Gasteiger partial charge in [-0.3, -0.25) is 4.79 Å². The van der Waals surface area contributed by atoms with Gasteiger partial charge in [-0.2, -0.15) is 0 Å². The van der Waals surface area contributed by atoms with Crippen LogP contribution in [0.3, 0.4) is 0 Å². The van der Waals surface area contributed by atoms with Gasteiger partial charge in [0.05, 0.1) is 11.3 Å². The van der Waals surface area contributed by atoms with Gasteiger partial charge in [-0.15, -0.1) is 0 Å². The average Bonchev–Trinajstić information content (AvgIpc) is 3.05. The van der Waals surface area contributed by atoms with Gasteiger partial charge in [0.25, 0.3) is 0 Å². The number of rotatable bonds is 5. The number of para-hydroxylation sites is 1. The Balaban J connectivity index is 1.55. The molecule has 0 aliphatic rings. The zero-order chi connectivity index (χ0) is 18.8. The van der Waals surface area contributed by atoms with Crippen molar-refractivity contribution in [1.82, 2.24) is 15.0 Å². The molecule has 2 N–H and O–H groups in total. The molecule has 4 aromatic rings. The third kappa shape index (κ3) is 3.53. The lowest BCUT2D eigenvalue weighted by atomic mass is 10.1. The summed E-state index contributed by atoms with van der Waals surface area (Å²) >= 11 is 1.42. The van der Waals surface area contributed by atoms with E-state index in [1.807, 2.05) is 24.3 Å². The van der Waals surface area contributed by atoms with Crippen LogP contribution in [0, 0.1) is 6.92 Å². The fraction of sp³-hybridized carbons (Fsp3) is 0.190. The first-order valence-corrected chi connectivity index (χ1v) is 9.88. The summed E-state index contributed by atoms with van der Waals surface area (Å²) in [5.74, 6) is 0.248. The van der Waals surface area contributed by atoms with Crippen molar-refractivity contribution >= 4 is 45.3 Å². The van der Waals surface area contributed by atoms with E-state index in [1.54, 1.807) is 6.33 Å². The molecule has 0 bridgehead atoms. The molecule has 2 heterocycles. The van der Waals surface area contributed by atoms with Crippen LogP contribution in [-0.4, -0.2) is 26.6 Å². The number of aromatic amines is 1. The minimum atomic E-state index is -0.0420. The van der Waals surface area contributed by atoms with E-state index in [1.165, 1.54) is 17.3 Å². The summed E-state index contributed by atoms with van der Waals surface area (Å²) in [6.45, 7) is 4.14. The largest absolute Gasteiger partial charge is 0.351 e. The van der Waals surface area contributed by atoms with Gasteiger partial charge in [0.15, 0.2) is 0 Å². The minimum Gasteiger partial charge on any atom is -0.351 e. The van der Waals surface area contributed by atoms with E-state index < -0.39 is 0 Å². The standard InChI is InChI=1S/C21H20N4OS/c1-3-14-6-4-5-7-16(14)24-18(26)11-27-21-20-19(22-12-23-21)15-10-13(2)8-9-17(15)25-20/h4-10,12,25H,3,11H2,1-2H3,(H,24,26). The highest BCUT2D eigenvalue weighted by Gasteiger charge is 2.13. The van der Waals surface area contributed by atoms with Gasteiger partial charge in [0.2, 0.25) is 5.91 Å². The molecule has 1 amide bonds. The molecule has 4 rings (SSSR count). The normalized spacial score (nSPS) is 11.2. The van der Waals surface area contributed by atoms with Crippen molar-refractivity contribution in [3.8, 4) is 0 Å². The van der Waals surface area contributed by atoms with Crippen molar-refractivity contribution in [2.24, 2.45) is 0 Å². The van der Waals surface area contributed by atoms with Gasteiger partial charge in [-0.25, -0.2) is 9.97 Å². The molecule has 2 aromatic carbocycles. The molecule has 0 saturated heterocycles. The second-order valence-corrected chi connectivity index (χ2v) is 7.39. The molecule has 5 nitrogen and oxygen atoms in total. The number of amides is 1. The van der Waals surface area contributed by atoms with Gasteiger partial charge in [0.1, 0.15) is 16.9 Å². The Hall–Kier alpha value is -2.86. The van der Waals surface area contributed by atoms with Crippen LogP contribution in [0.2, 0.25) is 0 Å². The van der Waals surface area contributed by atoms with E-state index in [9.17, 15) is 4.79 Å². The van der Waals surface area contributed by atoms with Crippen molar-refractivity contribution < 1.29 is 4.79 Å². The van der Waals surface area contributed by atoms with Gasteiger partial charge in [0, 0.05) is 16.6 Å². The molecule has 0 radical (unpaired) electrons. The first kappa shape index (κ1) is 17.5. The highest BCUT2D eigenvalue weighted by Crippen LogP contribution is 2.30. The van der Waals surface area contributed by atoms with E-state index in [2.05, 4.69) is 52.3 Å². The number of benzene rings is 2. The van der Waals surface area contributed by atoms with E-state index in [0.717, 1.165) is 44.6 Å². The third-order valence-corrected chi connectivity index (χ3v) is 5.50. The summed E-state index contributed by atoms with van der Waals surface area (Å²) < 4.78 is 0. The van der Waals surface area contributed by atoms with Crippen LogP contribution in [0.5, 0.6) is 0 Å². The lowest BCUT2D eigenvalue weighted by Crippen LogP contribution is -2.15. The van der Waals surface area contributed by atoms with Gasteiger partial charge in [-0.05, 0) is 37.1 Å². The highest BCUT2D eigenvalue weighted by molar-refractivity contribution is 8.00. The lowest BCUT2D eigenvalue weighted by molar-refractivity contribution is -0.113. The average molecular weight is 376 g/mol. The number of H-pyrrole nitrogens is 1. The number of hydrogen-bond acceptors (Lipinski definition) is 4. The van der Waals surface area contributed by atoms with Crippen LogP contribution in [0.4, 0.5) is 5.69 Å².